The number of carbonyl (C=O) groups excluding carboxylic acids is 2. The highest BCUT2D eigenvalue weighted by molar-refractivity contribution is 7.52. The Bertz CT molecular complexity index is 1110. The van der Waals surface area contributed by atoms with Gasteiger partial charge in [-0.2, -0.15) is 5.09 Å². The number of hydrogen-bond acceptors (Lipinski definition) is 9. The molecule has 0 aliphatic rings. The van der Waals surface area contributed by atoms with Gasteiger partial charge in [0.25, 0.3) is 5.69 Å². The van der Waals surface area contributed by atoms with Gasteiger partial charge < -0.3 is 14.0 Å². The number of carbonyl (C=O) groups is 2. The second-order valence-corrected chi connectivity index (χ2v) is 10.9. The molecule has 1 unspecified atom stereocenters. The zero-order valence-electron chi connectivity index (χ0n) is 23.3. The average molecular weight is 579 g/mol. The topological polar surface area (TPSA) is 143 Å². The van der Waals surface area contributed by atoms with Crippen LogP contribution in [0.3, 0.4) is 0 Å². The minimum atomic E-state index is -4.45. The predicted octanol–water partition coefficient (Wildman–Crippen LogP) is 6.15. The van der Waals surface area contributed by atoms with E-state index in [0.717, 1.165) is 31.2 Å². The summed E-state index contributed by atoms with van der Waals surface area (Å²) in [4.78, 5) is 36.1. The van der Waals surface area contributed by atoms with Gasteiger partial charge >= 0.3 is 19.7 Å². The van der Waals surface area contributed by atoms with Crippen LogP contribution in [-0.2, 0) is 34.6 Å². The lowest BCUT2D eigenvalue weighted by atomic mass is 10.1. The molecule has 2 aromatic rings. The molecule has 40 heavy (non-hydrogen) atoms. The lowest BCUT2D eigenvalue weighted by molar-refractivity contribution is -0.384. The minimum Gasteiger partial charge on any atom is -0.465 e. The number of nitrogens with one attached hydrogen (secondary N) is 1. The molecule has 0 bridgehead atoms. The van der Waals surface area contributed by atoms with E-state index in [-0.39, 0.29) is 31.1 Å². The summed E-state index contributed by atoms with van der Waals surface area (Å²) in [5.41, 5.74) is 0.563. The third-order valence-corrected chi connectivity index (χ3v) is 7.44. The molecule has 12 heteroatoms. The molecule has 0 heterocycles. The van der Waals surface area contributed by atoms with Crippen LogP contribution in [0.5, 0.6) is 5.75 Å². The van der Waals surface area contributed by atoms with Crippen molar-refractivity contribution in [3.8, 4) is 5.75 Å². The standard InChI is InChI=1S/C28H39N2O9P/c1-4-6-11-19-36-27(31)22(3)38-40(35,39-25-17-15-24(16-18-25)30(33)34)29-26(21-23-13-9-8-10-14-23)28(32)37-20-12-7-5-2/h8-10,13-18,22,26H,4-7,11-12,19-21H2,1-3H3,(H,29,35)/t22-,26-,40?/m0/s1. The number of ether oxygens (including phenoxy) is 2. The Labute approximate surface area is 235 Å². The molecule has 0 fully saturated rings. The van der Waals surface area contributed by atoms with Crippen molar-refractivity contribution in [2.75, 3.05) is 13.2 Å². The Balaban J connectivity index is 2.30. The summed E-state index contributed by atoms with van der Waals surface area (Å²) in [6.45, 7) is 5.79. The lowest BCUT2D eigenvalue weighted by Crippen LogP contribution is -2.40. The van der Waals surface area contributed by atoms with Crippen molar-refractivity contribution in [1.82, 2.24) is 5.09 Å². The summed E-state index contributed by atoms with van der Waals surface area (Å²) in [5.74, 6) is -1.43. The second kappa shape index (κ2) is 17.4. The van der Waals surface area contributed by atoms with Crippen molar-refractivity contribution >= 4 is 25.4 Å². The van der Waals surface area contributed by atoms with Crippen LogP contribution in [0.1, 0.15) is 64.9 Å². The number of benzene rings is 2. The summed E-state index contributed by atoms with van der Waals surface area (Å²) >= 11 is 0. The number of nitrogens with zero attached hydrogens (tertiary/aromatic N) is 1. The maximum absolute atomic E-state index is 14.1. The van der Waals surface area contributed by atoms with E-state index in [1.165, 1.54) is 31.2 Å². The van der Waals surface area contributed by atoms with E-state index in [1.54, 1.807) is 24.3 Å². The van der Waals surface area contributed by atoms with Crippen LogP contribution in [0.2, 0.25) is 0 Å². The fourth-order valence-corrected chi connectivity index (χ4v) is 5.22. The van der Waals surface area contributed by atoms with Crippen LogP contribution in [0.25, 0.3) is 0 Å². The van der Waals surface area contributed by atoms with E-state index in [2.05, 4.69) is 5.09 Å². The number of unbranched alkanes of at least 4 members (excludes halogenated alkanes) is 4. The van der Waals surface area contributed by atoms with Gasteiger partial charge in [0.1, 0.15) is 11.8 Å². The van der Waals surface area contributed by atoms with Gasteiger partial charge in [-0.1, -0.05) is 69.9 Å². The number of non-ortho nitro benzene ring substituents is 1. The highest BCUT2D eigenvalue weighted by Gasteiger charge is 2.38. The summed E-state index contributed by atoms with van der Waals surface area (Å²) < 4.78 is 36.0. The van der Waals surface area contributed by atoms with E-state index in [4.69, 9.17) is 18.5 Å². The Morgan fingerprint density at radius 3 is 2.02 bits per heavy atom. The van der Waals surface area contributed by atoms with Gasteiger partial charge in [-0.3, -0.25) is 19.4 Å². The first-order valence-electron chi connectivity index (χ1n) is 13.5. The van der Waals surface area contributed by atoms with Gasteiger partial charge in [0, 0.05) is 12.1 Å². The van der Waals surface area contributed by atoms with Crippen molar-refractivity contribution in [1.29, 1.82) is 0 Å². The lowest BCUT2D eigenvalue weighted by Gasteiger charge is -2.26. The van der Waals surface area contributed by atoms with Crippen LogP contribution in [0.15, 0.2) is 54.6 Å². The monoisotopic (exact) mass is 578 g/mol. The quantitative estimate of drug-likeness (QED) is 0.0677. The molecule has 0 saturated carbocycles. The normalized spacial score (nSPS) is 14.0. The Morgan fingerprint density at radius 2 is 1.48 bits per heavy atom. The van der Waals surface area contributed by atoms with Gasteiger partial charge in [-0.05, 0) is 43.9 Å². The van der Waals surface area contributed by atoms with Crippen LogP contribution in [0, 0.1) is 10.1 Å². The molecular weight excluding hydrogens is 539 g/mol. The van der Waals surface area contributed by atoms with Crippen molar-refractivity contribution < 1.29 is 37.6 Å². The van der Waals surface area contributed by atoms with Crippen LogP contribution in [-0.4, -0.2) is 42.2 Å². The maximum Gasteiger partial charge on any atom is 0.460 e. The average Bonchev–Trinajstić information content (AvgIpc) is 2.93. The van der Waals surface area contributed by atoms with E-state index in [9.17, 15) is 24.3 Å². The number of esters is 2. The van der Waals surface area contributed by atoms with Crippen molar-refractivity contribution in [3.05, 3.63) is 70.3 Å². The molecule has 2 aromatic carbocycles. The maximum atomic E-state index is 14.1. The van der Waals surface area contributed by atoms with Crippen molar-refractivity contribution in [2.24, 2.45) is 0 Å². The van der Waals surface area contributed by atoms with E-state index in [0.29, 0.717) is 12.8 Å². The largest absolute Gasteiger partial charge is 0.465 e. The Hall–Kier alpha value is -3.27. The second-order valence-electron chi connectivity index (χ2n) is 9.21. The molecular formula is C28H39N2O9P. The molecule has 220 valence electrons. The van der Waals surface area contributed by atoms with Gasteiger partial charge in [0.2, 0.25) is 0 Å². The van der Waals surface area contributed by atoms with Crippen LogP contribution in [0.4, 0.5) is 5.69 Å². The van der Waals surface area contributed by atoms with Crippen molar-refractivity contribution in [2.45, 2.75) is 77.9 Å². The third kappa shape index (κ3) is 11.9. The molecule has 0 amide bonds. The fourth-order valence-electron chi connectivity index (χ4n) is 3.59. The number of hydrogen-bond donors (Lipinski definition) is 1. The molecule has 0 spiro atoms. The molecule has 3 atom stereocenters. The minimum absolute atomic E-state index is 0.0280. The summed E-state index contributed by atoms with van der Waals surface area (Å²) in [5, 5.41) is 13.7. The summed E-state index contributed by atoms with van der Waals surface area (Å²) in [6, 6.07) is 12.7. The number of nitro benzene ring substituents is 1. The molecule has 0 saturated heterocycles. The number of rotatable bonds is 19. The van der Waals surface area contributed by atoms with Crippen LogP contribution >= 0.6 is 7.75 Å². The molecule has 0 aliphatic carbocycles. The predicted molar refractivity (Wildman–Crippen MR) is 150 cm³/mol. The highest BCUT2D eigenvalue weighted by Crippen LogP contribution is 2.46. The molecule has 1 N–H and O–H groups in total. The zero-order chi connectivity index (χ0) is 29.4. The highest BCUT2D eigenvalue weighted by atomic mass is 31.2. The fraction of sp³-hybridized carbons (Fsp3) is 0.500. The Morgan fingerprint density at radius 1 is 0.900 bits per heavy atom. The Kier molecular flexibility index (Phi) is 14.4. The first-order valence-corrected chi connectivity index (χ1v) is 15.1. The molecule has 0 aliphatic heterocycles. The molecule has 11 nitrogen and oxygen atoms in total. The summed E-state index contributed by atoms with van der Waals surface area (Å²) in [7, 11) is -4.45. The van der Waals surface area contributed by atoms with Gasteiger partial charge in [0.05, 0.1) is 18.1 Å². The van der Waals surface area contributed by atoms with Gasteiger partial charge in [-0.15, -0.1) is 0 Å². The van der Waals surface area contributed by atoms with Crippen molar-refractivity contribution in [3.63, 3.8) is 0 Å². The van der Waals surface area contributed by atoms with Gasteiger partial charge in [0.15, 0.2) is 6.10 Å². The first kappa shape index (κ1) is 32.9. The number of nitro groups is 1. The zero-order valence-corrected chi connectivity index (χ0v) is 24.2. The molecule has 0 aromatic heterocycles. The van der Waals surface area contributed by atoms with E-state index >= 15 is 0 Å². The molecule has 2 rings (SSSR count). The summed E-state index contributed by atoms with van der Waals surface area (Å²) in [6.07, 6.45) is 3.80. The smallest absolute Gasteiger partial charge is 0.460 e. The molecule has 0 radical (unpaired) electrons. The van der Waals surface area contributed by atoms with Crippen LogP contribution < -0.4 is 9.61 Å². The van der Waals surface area contributed by atoms with E-state index < -0.39 is 36.8 Å². The van der Waals surface area contributed by atoms with E-state index in [1.807, 2.05) is 19.9 Å². The third-order valence-electron chi connectivity index (χ3n) is 5.77. The first-order chi connectivity index (χ1) is 19.2. The van der Waals surface area contributed by atoms with Gasteiger partial charge in [-0.25, -0.2) is 9.36 Å². The SMILES string of the molecule is CCCCCOC(=O)[C@H](Cc1ccccc1)NP(=O)(Oc1ccc([N+](=O)[O-])cc1)O[C@@H](C)C(=O)OCCCCC.